The minimum atomic E-state index is 0. The van der Waals surface area contributed by atoms with E-state index in [9.17, 15) is 0 Å². The third-order valence-corrected chi connectivity index (χ3v) is 3.90. The molecule has 0 bridgehead atoms. The molecule has 5 heteroatoms. The van der Waals surface area contributed by atoms with Gasteiger partial charge < -0.3 is 15.5 Å². The van der Waals surface area contributed by atoms with E-state index in [1.54, 1.807) is 0 Å². The average Bonchev–Trinajstić information content (AvgIpc) is 2.51. The van der Waals surface area contributed by atoms with Gasteiger partial charge in [-0.2, -0.15) is 0 Å². The molecule has 0 aliphatic carbocycles. The van der Waals surface area contributed by atoms with Crippen molar-refractivity contribution in [1.82, 2.24) is 15.5 Å². The van der Waals surface area contributed by atoms with Crippen molar-refractivity contribution in [1.29, 1.82) is 0 Å². The molecule has 1 aromatic rings. The van der Waals surface area contributed by atoms with Gasteiger partial charge >= 0.3 is 0 Å². The molecule has 1 aromatic carbocycles. The number of halogens is 1. The molecule has 0 saturated carbocycles. The van der Waals surface area contributed by atoms with Crippen molar-refractivity contribution in [2.24, 2.45) is 4.99 Å². The van der Waals surface area contributed by atoms with Gasteiger partial charge in [0.1, 0.15) is 0 Å². The van der Waals surface area contributed by atoms with E-state index in [4.69, 9.17) is 0 Å². The fraction of sp³-hybridized carbons (Fsp3) is 0.588. The number of aliphatic imine (C=N–C) groups is 1. The lowest BCUT2D eigenvalue weighted by atomic mass is 10.1. The quantitative estimate of drug-likeness (QED) is 0.406. The van der Waals surface area contributed by atoms with Crippen molar-refractivity contribution >= 4 is 29.9 Å². The Balaban J connectivity index is 0.00000441. The molecular weight excluding hydrogens is 387 g/mol. The minimum absolute atomic E-state index is 0. The first kappa shape index (κ1) is 21.2. The number of nitrogens with one attached hydrogen (secondary N) is 2. The van der Waals surface area contributed by atoms with E-state index in [1.807, 2.05) is 7.05 Å². The van der Waals surface area contributed by atoms with Gasteiger partial charge in [0.05, 0.1) is 0 Å². The molecule has 1 rings (SSSR count). The highest BCUT2D eigenvalue weighted by Gasteiger charge is 2.06. The first-order valence-corrected chi connectivity index (χ1v) is 7.77. The maximum atomic E-state index is 4.26. The molecule has 0 aromatic heterocycles. The van der Waals surface area contributed by atoms with Gasteiger partial charge in [-0.1, -0.05) is 36.8 Å². The Hall–Kier alpha value is -0.820. The van der Waals surface area contributed by atoms with Gasteiger partial charge in [-0.3, -0.25) is 4.99 Å². The number of hydrogen-bond acceptors (Lipinski definition) is 2. The van der Waals surface area contributed by atoms with Crippen LogP contribution in [0.25, 0.3) is 0 Å². The molecule has 2 N–H and O–H groups in total. The van der Waals surface area contributed by atoms with Crippen LogP contribution in [-0.4, -0.2) is 44.1 Å². The van der Waals surface area contributed by atoms with E-state index in [-0.39, 0.29) is 24.0 Å². The van der Waals surface area contributed by atoms with Crippen LogP contribution in [0.3, 0.4) is 0 Å². The summed E-state index contributed by atoms with van der Waals surface area (Å²) in [5, 5.41) is 6.70. The van der Waals surface area contributed by atoms with Gasteiger partial charge in [-0.15, -0.1) is 24.0 Å². The summed E-state index contributed by atoms with van der Waals surface area (Å²) in [4.78, 5) is 6.62. The second-order valence-corrected chi connectivity index (χ2v) is 5.58. The van der Waals surface area contributed by atoms with Gasteiger partial charge in [-0.05, 0) is 32.9 Å². The molecule has 4 nitrogen and oxygen atoms in total. The van der Waals surface area contributed by atoms with Crippen molar-refractivity contribution in [3.8, 4) is 0 Å². The number of hydrogen-bond donors (Lipinski definition) is 2. The fourth-order valence-electron chi connectivity index (χ4n) is 2.00. The van der Waals surface area contributed by atoms with Crippen LogP contribution in [0.1, 0.15) is 31.4 Å². The van der Waals surface area contributed by atoms with E-state index >= 15 is 0 Å². The topological polar surface area (TPSA) is 39.7 Å². The first-order valence-electron chi connectivity index (χ1n) is 7.77. The zero-order valence-electron chi connectivity index (χ0n) is 14.5. The molecular formula is C17H31IN4. The Kier molecular flexibility index (Phi) is 11.3. The van der Waals surface area contributed by atoms with Crippen molar-refractivity contribution in [2.75, 3.05) is 27.2 Å². The van der Waals surface area contributed by atoms with Gasteiger partial charge in [0.15, 0.2) is 5.96 Å². The first-order chi connectivity index (χ1) is 10.1. The highest BCUT2D eigenvalue weighted by atomic mass is 127. The number of guanidine groups is 1. The molecule has 0 amide bonds. The zero-order chi connectivity index (χ0) is 15.7. The summed E-state index contributed by atoms with van der Waals surface area (Å²) in [6.07, 6.45) is 1.18. The lowest BCUT2D eigenvalue weighted by Gasteiger charge is -2.24. The Bertz CT molecular complexity index is 431. The second-order valence-electron chi connectivity index (χ2n) is 5.58. The Labute approximate surface area is 152 Å². The van der Waals surface area contributed by atoms with E-state index < -0.39 is 0 Å². The van der Waals surface area contributed by atoms with Crippen LogP contribution < -0.4 is 10.6 Å². The maximum absolute atomic E-state index is 4.26. The summed E-state index contributed by atoms with van der Waals surface area (Å²) < 4.78 is 0. The Morgan fingerprint density at radius 1 is 1.23 bits per heavy atom. The average molecular weight is 418 g/mol. The highest BCUT2D eigenvalue weighted by Crippen LogP contribution is 2.02. The van der Waals surface area contributed by atoms with Crippen LogP contribution >= 0.6 is 24.0 Å². The van der Waals surface area contributed by atoms with Crippen LogP contribution in [0.15, 0.2) is 29.3 Å². The lowest BCUT2D eigenvalue weighted by molar-refractivity contribution is 0.255. The summed E-state index contributed by atoms with van der Waals surface area (Å²) in [5.41, 5.74) is 2.55. The van der Waals surface area contributed by atoms with Gasteiger partial charge in [-0.25, -0.2) is 0 Å². The smallest absolute Gasteiger partial charge is 0.191 e. The summed E-state index contributed by atoms with van der Waals surface area (Å²) in [7, 11) is 3.97. The third kappa shape index (κ3) is 7.98. The second kappa shape index (κ2) is 11.7. The van der Waals surface area contributed by atoms with E-state index in [1.165, 1.54) is 17.5 Å². The Morgan fingerprint density at radius 3 is 2.41 bits per heavy atom. The normalized spacial score (nSPS) is 12.7. The van der Waals surface area contributed by atoms with Gasteiger partial charge in [0.25, 0.3) is 0 Å². The minimum Gasteiger partial charge on any atom is -0.355 e. The number of aryl methyl sites for hydroxylation is 1. The lowest BCUT2D eigenvalue weighted by Crippen LogP contribution is -2.42. The molecule has 1 atom stereocenters. The van der Waals surface area contributed by atoms with Crippen molar-refractivity contribution in [3.63, 3.8) is 0 Å². The van der Waals surface area contributed by atoms with Crippen LogP contribution in [-0.2, 0) is 6.54 Å². The van der Waals surface area contributed by atoms with E-state index in [2.05, 4.69) is 72.6 Å². The summed E-state index contributed by atoms with van der Waals surface area (Å²) in [6.45, 7) is 9.28. The van der Waals surface area contributed by atoms with Crippen molar-refractivity contribution in [2.45, 2.75) is 39.8 Å². The molecule has 0 aliphatic heterocycles. The molecule has 0 fully saturated rings. The van der Waals surface area contributed by atoms with Crippen LogP contribution in [0.4, 0.5) is 0 Å². The van der Waals surface area contributed by atoms with E-state index in [0.29, 0.717) is 6.04 Å². The standard InChI is InChI=1S/C17H30N4.HI/c1-6-15(3)21(5)12-11-19-17(18-4)20-13-16-9-7-14(2)8-10-16;/h7-10,15H,6,11-13H2,1-5H3,(H2,18,19,20);1H. The highest BCUT2D eigenvalue weighted by molar-refractivity contribution is 14.0. The number of nitrogens with zero attached hydrogens (tertiary/aromatic N) is 2. The Morgan fingerprint density at radius 2 is 1.86 bits per heavy atom. The molecule has 0 heterocycles. The fourth-order valence-corrected chi connectivity index (χ4v) is 2.00. The number of likely N-dealkylation sites (N-methyl/N-ethyl adjacent to an activating group) is 1. The van der Waals surface area contributed by atoms with Gasteiger partial charge in [0, 0.05) is 32.7 Å². The van der Waals surface area contributed by atoms with Crippen molar-refractivity contribution < 1.29 is 0 Å². The third-order valence-electron chi connectivity index (χ3n) is 3.90. The molecule has 0 saturated heterocycles. The molecule has 1 unspecified atom stereocenters. The summed E-state index contributed by atoms with van der Waals surface area (Å²) in [5.74, 6) is 0.855. The maximum Gasteiger partial charge on any atom is 0.191 e. The molecule has 0 spiro atoms. The van der Waals surface area contributed by atoms with E-state index in [0.717, 1.165) is 25.6 Å². The predicted octanol–water partition coefficient (Wildman–Crippen LogP) is 3.01. The molecule has 126 valence electrons. The SMILES string of the molecule is CCC(C)N(C)CCNC(=NC)NCc1ccc(C)cc1.I. The van der Waals surface area contributed by atoms with Gasteiger partial charge in [0.2, 0.25) is 0 Å². The number of rotatable bonds is 7. The molecule has 22 heavy (non-hydrogen) atoms. The molecule has 0 radical (unpaired) electrons. The zero-order valence-corrected chi connectivity index (χ0v) is 16.8. The summed E-state index contributed by atoms with van der Waals surface area (Å²) >= 11 is 0. The monoisotopic (exact) mass is 418 g/mol. The largest absolute Gasteiger partial charge is 0.355 e. The summed E-state index contributed by atoms with van der Waals surface area (Å²) in [6, 6.07) is 9.18. The number of benzene rings is 1. The predicted molar refractivity (Wildman–Crippen MR) is 107 cm³/mol. The molecule has 0 aliphatic rings. The van der Waals surface area contributed by atoms with Crippen LogP contribution in [0.5, 0.6) is 0 Å². The van der Waals surface area contributed by atoms with Crippen LogP contribution in [0, 0.1) is 6.92 Å². The van der Waals surface area contributed by atoms with Crippen molar-refractivity contribution in [3.05, 3.63) is 35.4 Å². The van der Waals surface area contributed by atoms with Crippen LogP contribution in [0.2, 0.25) is 0 Å².